The molecule has 5 heteroatoms. The predicted molar refractivity (Wildman–Crippen MR) is 58.5 cm³/mol. The largest absolute Gasteiger partial charge is 0.373 e. The molecule has 1 aromatic carbocycles. The fourth-order valence-corrected chi connectivity index (χ4v) is 2.10. The molecule has 0 bridgehead atoms. The van der Waals surface area contributed by atoms with Crippen molar-refractivity contribution >= 4 is 29.0 Å². The van der Waals surface area contributed by atoms with Gasteiger partial charge in [0.05, 0.1) is 18.1 Å². The van der Waals surface area contributed by atoms with Crippen LogP contribution in [0.3, 0.4) is 0 Å². The van der Waals surface area contributed by atoms with Crippen molar-refractivity contribution in [2.45, 2.75) is 4.90 Å². The molecule has 0 unspecified atom stereocenters. The summed E-state index contributed by atoms with van der Waals surface area (Å²) in [5.41, 5.74) is 7.15. The maximum atomic E-state index is 11.1. The van der Waals surface area contributed by atoms with E-state index in [-0.39, 0.29) is 5.91 Å². The number of thioether (sulfide) groups is 1. The number of carbonyl (C=O) groups excluding carboxylic acids is 1. The highest BCUT2D eigenvalue weighted by Crippen LogP contribution is 2.33. The lowest BCUT2D eigenvalue weighted by Crippen LogP contribution is -2.19. The molecule has 0 atom stereocenters. The smallest absolute Gasteiger partial charge is 0.234 e. The summed E-state index contributed by atoms with van der Waals surface area (Å²) in [4.78, 5) is 12.2. The molecule has 14 heavy (non-hydrogen) atoms. The molecule has 4 N–H and O–H groups in total. The third kappa shape index (κ3) is 1.83. The number of fused-ring (bicyclic) bond motifs is 1. The summed E-state index contributed by atoms with van der Waals surface area (Å²) < 4.78 is 0. The molecule has 0 saturated carbocycles. The summed E-state index contributed by atoms with van der Waals surface area (Å²) in [6, 6.07) is 5.83. The van der Waals surface area contributed by atoms with E-state index >= 15 is 0 Å². The summed E-state index contributed by atoms with van der Waals surface area (Å²) in [5.74, 6) is 0.545. The van der Waals surface area contributed by atoms with Gasteiger partial charge in [-0.2, -0.15) is 0 Å². The first-order chi connectivity index (χ1) is 6.79. The molecule has 0 saturated heterocycles. The van der Waals surface area contributed by atoms with Gasteiger partial charge in [0.15, 0.2) is 0 Å². The summed E-state index contributed by atoms with van der Waals surface area (Å²) in [6.45, 7) is 0.389. The van der Waals surface area contributed by atoms with Gasteiger partial charge in [0.25, 0.3) is 0 Å². The Morgan fingerprint density at radius 2 is 2.43 bits per heavy atom. The predicted octanol–water partition coefficient (Wildman–Crippen LogP) is 1.06. The van der Waals surface area contributed by atoms with Crippen molar-refractivity contribution in [3.63, 3.8) is 0 Å². The fourth-order valence-electron chi connectivity index (χ4n) is 1.31. The number of nitrogens with one attached hydrogen (secondary N) is 2. The van der Waals surface area contributed by atoms with Crippen LogP contribution in [0.5, 0.6) is 0 Å². The summed E-state index contributed by atoms with van der Waals surface area (Å²) in [7, 11) is 0. The fraction of sp³-hybridized carbons (Fsp3) is 0.222. The minimum atomic E-state index is 0.0485. The zero-order chi connectivity index (χ0) is 9.97. The first-order valence-corrected chi connectivity index (χ1v) is 5.29. The van der Waals surface area contributed by atoms with E-state index in [0.29, 0.717) is 12.4 Å². The second-order valence-corrected chi connectivity index (χ2v) is 3.95. The average Bonchev–Trinajstić information content (AvgIpc) is 2.17. The molecule has 1 heterocycles. The average molecular weight is 209 g/mol. The highest BCUT2D eigenvalue weighted by molar-refractivity contribution is 8.00. The molecule has 1 aliphatic rings. The van der Waals surface area contributed by atoms with Crippen LogP contribution in [0, 0.1) is 0 Å². The van der Waals surface area contributed by atoms with Crippen LogP contribution in [0.4, 0.5) is 11.4 Å². The number of hydrogen-bond acceptors (Lipinski definition) is 4. The van der Waals surface area contributed by atoms with Crippen LogP contribution in [0.1, 0.15) is 0 Å². The molecule has 0 spiro atoms. The molecule has 74 valence electrons. The van der Waals surface area contributed by atoms with Gasteiger partial charge in [-0.15, -0.1) is 11.8 Å². The number of nitrogens with two attached hydrogens (primary N) is 1. The van der Waals surface area contributed by atoms with Crippen LogP contribution in [0.2, 0.25) is 0 Å². The highest BCUT2D eigenvalue weighted by atomic mass is 32.2. The van der Waals surface area contributed by atoms with Gasteiger partial charge in [-0.05, 0) is 18.2 Å². The van der Waals surface area contributed by atoms with E-state index in [1.54, 1.807) is 11.8 Å². The molecular weight excluding hydrogens is 198 g/mol. The third-order valence-electron chi connectivity index (χ3n) is 1.92. The van der Waals surface area contributed by atoms with Crippen molar-refractivity contribution in [3.05, 3.63) is 18.2 Å². The molecule has 1 aliphatic heterocycles. The van der Waals surface area contributed by atoms with E-state index in [4.69, 9.17) is 5.73 Å². The molecule has 1 aromatic rings. The molecule has 2 rings (SSSR count). The number of carbonyl (C=O) groups is 1. The monoisotopic (exact) mass is 209 g/mol. The lowest BCUT2D eigenvalue weighted by Gasteiger charge is -2.17. The maximum absolute atomic E-state index is 11.1. The summed E-state index contributed by atoms with van der Waals surface area (Å²) >= 11 is 1.55. The minimum absolute atomic E-state index is 0.0485. The Morgan fingerprint density at radius 1 is 1.57 bits per heavy atom. The van der Waals surface area contributed by atoms with Crippen molar-refractivity contribution in [1.29, 1.82) is 0 Å². The maximum Gasteiger partial charge on any atom is 0.234 e. The molecule has 0 fully saturated rings. The first-order valence-electron chi connectivity index (χ1n) is 4.30. The second kappa shape index (κ2) is 3.89. The number of anilines is 2. The second-order valence-electron chi connectivity index (χ2n) is 2.93. The van der Waals surface area contributed by atoms with Crippen molar-refractivity contribution in [3.8, 4) is 0 Å². The van der Waals surface area contributed by atoms with Gasteiger partial charge in [0.1, 0.15) is 0 Å². The quantitative estimate of drug-likeness (QED) is 0.637. The van der Waals surface area contributed by atoms with Crippen molar-refractivity contribution < 1.29 is 4.79 Å². The molecule has 4 nitrogen and oxygen atoms in total. The first kappa shape index (κ1) is 9.36. The molecule has 1 amide bonds. The summed E-state index contributed by atoms with van der Waals surface area (Å²) in [5, 5.41) is 5.81. The zero-order valence-electron chi connectivity index (χ0n) is 7.54. The Balaban J connectivity index is 2.28. The Hall–Kier alpha value is -1.20. The lowest BCUT2D eigenvalue weighted by atomic mass is 10.2. The topological polar surface area (TPSA) is 67.2 Å². The van der Waals surface area contributed by atoms with Crippen LogP contribution in [-0.2, 0) is 4.79 Å². The van der Waals surface area contributed by atoms with Crippen molar-refractivity contribution in [2.24, 2.45) is 5.73 Å². The van der Waals surface area contributed by atoms with E-state index in [1.807, 2.05) is 18.2 Å². The molecule has 0 aromatic heterocycles. The highest BCUT2D eigenvalue weighted by Gasteiger charge is 2.14. The van der Waals surface area contributed by atoms with E-state index in [0.717, 1.165) is 16.3 Å². The van der Waals surface area contributed by atoms with Crippen molar-refractivity contribution in [1.82, 2.24) is 0 Å². The van der Waals surface area contributed by atoms with Crippen LogP contribution in [0.25, 0.3) is 0 Å². The van der Waals surface area contributed by atoms with Crippen molar-refractivity contribution in [2.75, 3.05) is 23.1 Å². The molecule has 0 aliphatic carbocycles. The van der Waals surface area contributed by atoms with Crippen LogP contribution < -0.4 is 16.4 Å². The van der Waals surface area contributed by atoms with Gasteiger partial charge in [-0.3, -0.25) is 4.79 Å². The Kier molecular flexibility index (Phi) is 2.60. The number of hydrogen-bond donors (Lipinski definition) is 3. The normalized spacial score (nSPS) is 14.5. The van der Waals surface area contributed by atoms with Crippen LogP contribution in [-0.4, -0.2) is 18.3 Å². The third-order valence-corrected chi connectivity index (χ3v) is 2.99. The van der Waals surface area contributed by atoms with Gasteiger partial charge < -0.3 is 16.4 Å². The SMILES string of the molecule is NCNc1ccc2c(c1)NC(=O)CS2. The number of benzene rings is 1. The van der Waals surface area contributed by atoms with E-state index < -0.39 is 0 Å². The Bertz CT molecular complexity index is 367. The lowest BCUT2D eigenvalue weighted by molar-refractivity contribution is -0.113. The Morgan fingerprint density at radius 3 is 3.21 bits per heavy atom. The summed E-state index contributed by atoms with van der Waals surface area (Å²) in [6.07, 6.45) is 0. The van der Waals surface area contributed by atoms with E-state index in [2.05, 4.69) is 10.6 Å². The Labute approximate surface area is 86.2 Å². The van der Waals surface area contributed by atoms with Gasteiger partial charge in [0, 0.05) is 10.6 Å². The van der Waals surface area contributed by atoms with Gasteiger partial charge in [0.2, 0.25) is 5.91 Å². The van der Waals surface area contributed by atoms with Crippen LogP contribution in [0.15, 0.2) is 23.1 Å². The van der Waals surface area contributed by atoms with Gasteiger partial charge in [-0.25, -0.2) is 0 Å². The number of rotatable bonds is 2. The van der Waals surface area contributed by atoms with E-state index in [1.165, 1.54) is 0 Å². The van der Waals surface area contributed by atoms with Gasteiger partial charge >= 0.3 is 0 Å². The number of amides is 1. The van der Waals surface area contributed by atoms with Crippen LogP contribution >= 0.6 is 11.8 Å². The van der Waals surface area contributed by atoms with E-state index in [9.17, 15) is 4.79 Å². The molecular formula is C9H11N3OS. The zero-order valence-corrected chi connectivity index (χ0v) is 8.36. The van der Waals surface area contributed by atoms with Gasteiger partial charge in [-0.1, -0.05) is 0 Å². The minimum Gasteiger partial charge on any atom is -0.373 e. The standard InChI is InChI=1S/C9H11N3OS/c10-5-11-6-1-2-8-7(3-6)12-9(13)4-14-8/h1-3,11H,4-5,10H2,(H,12,13). The molecule has 0 radical (unpaired) electrons.